The van der Waals surface area contributed by atoms with Gasteiger partial charge in [0.1, 0.15) is 11.3 Å². The van der Waals surface area contributed by atoms with Crippen LogP contribution in [0.2, 0.25) is 0 Å². The van der Waals surface area contributed by atoms with Crippen LogP contribution in [0, 0.1) is 11.2 Å². The number of imidazole rings is 1. The maximum atomic E-state index is 14.7. The van der Waals surface area contributed by atoms with E-state index < -0.39 is 9.39 Å². The summed E-state index contributed by atoms with van der Waals surface area (Å²) < 4.78 is 18.0. The molecule has 0 bridgehead atoms. The van der Waals surface area contributed by atoms with Crippen molar-refractivity contribution in [2.24, 2.45) is 5.41 Å². The highest BCUT2D eigenvalue weighted by Crippen LogP contribution is 2.33. The Morgan fingerprint density at radius 3 is 2.55 bits per heavy atom. The molecule has 0 spiro atoms. The summed E-state index contributed by atoms with van der Waals surface area (Å²) in [4.78, 5) is 17.7. The number of H-pyrrole nitrogens is 2. The topological polar surface area (TPSA) is 107 Å². The van der Waals surface area contributed by atoms with Crippen LogP contribution in [0.1, 0.15) is 26.3 Å². The number of rotatable bonds is 8. The first kappa shape index (κ1) is 29.3. The largest absolute Gasteiger partial charge is 0.358 e. The van der Waals surface area contributed by atoms with Crippen LogP contribution in [-0.4, -0.2) is 48.1 Å². The van der Waals surface area contributed by atoms with Gasteiger partial charge in [0, 0.05) is 35.0 Å². The molecule has 224 valence electrons. The molecular formula is C34H35FN8S. The minimum absolute atomic E-state index is 0.0952. The number of nitrogens with zero attached hydrogens (tertiary/aromatic N) is 4. The molecule has 0 unspecified atom stereocenters. The fourth-order valence-electron chi connectivity index (χ4n) is 4.78. The molecule has 10 heteroatoms. The molecular weight excluding hydrogens is 571 g/mol. The quantitative estimate of drug-likeness (QED) is 0.133. The van der Waals surface area contributed by atoms with Crippen molar-refractivity contribution in [1.29, 1.82) is 0 Å². The number of allylic oxidation sites excluding steroid dienone is 1. The van der Waals surface area contributed by atoms with Gasteiger partial charge >= 0.3 is 0 Å². The van der Waals surface area contributed by atoms with E-state index in [0.717, 1.165) is 50.4 Å². The molecule has 6 rings (SSSR count). The third-order valence-corrected chi connectivity index (χ3v) is 8.11. The Labute approximate surface area is 256 Å². The Kier molecular flexibility index (Phi) is 7.35. The number of nitrogens with one attached hydrogen (secondary N) is 4. The molecule has 8 nitrogen and oxygen atoms in total. The molecule has 44 heavy (non-hydrogen) atoms. The molecule has 0 aliphatic rings. The van der Waals surface area contributed by atoms with Crippen LogP contribution in [0.4, 0.5) is 10.1 Å². The lowest BCUT2D eigenvalue weighted by Gasteiger charge is -2.23. The Bertz CT molecular complexity index is 2150. The number of aromatic amines is 2. The van der Waals surface area contributed by atoms with Gasteiger partial charge in [-0.15, -0.1) is 0 Å². The van der Waals surface area contributed by atoms with Gasteiger partial charge in [-0.1, -0.05) is 51.2 Å². The number of benzene rings is 2. The van der Waals surface area contributed by atoms with Gasteiger partial charge in [-0.05, 0) is 59.8 Å². The Morgan fingerprint density at radius 2 is 1.77 bits per heavy atom. The van der Waals surface area contributed by atoms with Gasteiger partial charge in [-0.25, -0.2) is 14.4 Å². The maximum Gasteiger partial charge on any atom is 0.161 e. The number of hydrogen-bond donors (Lipinski definition) is 4. The number of pyridine rings is 2. The highest BCUT2D eigenvalue weighted by Gasteiger charge is 2.18. The lowest BCUT2D eigenvalue weighted by molar-refractivity contribution is 0.509. The summed E-state index contributed by atoms with van der Waals surface area (Å²) in [7, 11) is -1.44. The normalized spacial score (nSPS) is 12.2. The van der Waals surface area contributed by atoms with E-state index in [2.05, 4.69) is 69.3 Å². The van der Waals surface area contributed by atoms with E-state index in [4.69, 9.17) is 9.97 Å². The number of halogens is 1. The molecule has 4 N–H and O–H groups in total. The minimum Gasteiger partial charge on any atom is -0.358 e. The van der Waals surface area contributed by atoms with E-state index in [1.807, 2.05) is 48.7 Å². The summed E-state index contributed by atoms with van der Waals surface area (Å²) in [5.41, 5.74) is 9.16. The lowest BCUT2D eigenvalue weighted by Crippen LogP contribution is -2.15. The van der Waals surface area contributed by atoms with E-state index in [9.17, 15) is 4.39 Å². The molecule has 0 fully saturated rings. The van der Waals surface area contributed by atoms with Gasteiger partial charge in [0.25, 0.3) is 0 Å². The number of anilines is 1. The summed E-state index contributed by atoms with van der Waals surface area (Å²) in [6, 6.07) is 16.7. The van der Waals surface area contributed by atoms with Gasteiger partial charge in [0.05, 0.1) is 34.1 Å². The van der Waals surface area contributed by atoms with Crippen LogP contribution < -0.4 is 10.0 Å². The highest BCUT2D eigenvalue weighted by molar-refractivity contribution is 8.25. The second-order valence-electron chi connectivity index (χ2n) is 12.2. The van der Waals surface area contributed by atoms with Crippen molar-refractivity contribution in [2.45, 2.75) is 27.3 Å². The van der Waals surface area contributed by atoms with Gasteiger partial charge in [0.2, 0.25) is 0 Å². The zero-order valence-electron chi connectivity index (χ0n) is 25.3. The number of aromatic nitrogens is 6. The monoisotopic (exact) mass is 606 g/mol. The smallest absolute Gasteiger partial charge is 0.161 e. The van der Waals surface area contributed by atoms with Crippen LogP contribution in [0.15, 0.2) is 79.3 Å². The standard InChI is InChI=1S/C34H35FN8S/c1-20(34(2,3)4)38-25-16-23(18-36-19-25)27-11-12-29-31(39-27)32(43-42-29)33-40-28-10-8-9-26(30(28)41-33)22-13-21(14-24(35)15-22)17-37-44(5,6)7/h8-16,18-19,37-38H,1,5-6,17H2,2-4,7H3,(H,40,41)(H,42,43). The van der Waals surface area contributed by atoms with Gasteiger partial charge < -0.3 is 10.3 Å². The molecule has 4 aromatic heterocycles. The molecule has 0 aliphatic carbocycles. The first-order valence-corrected chi connectivity index (χ1v) is 16.5. The Morgan fingerprint density at radius 1 is 0.955 bits per heavy atom. The van der Waals surface area contributed by atoms with Gasteiger partial charge in [0.15, 0.2) is 11.5 Å². The molecule has 2 aromatic carbocycles. The van der Waals surface area contributed by atoms with E-state index in [0.29, 0.717) is 29.1 Å². The number of fused-ring (bicyclic) bond motifs is 2. The molecule has 0 amide bonds. The predicted octanol–water partition coefficient (Wildman–Crippen LogP) is 7.64. The summed E-state index contributed by atoms with van der Waals surface area (Å²) in [5, 5.41) is 11.0. The molecule has 0 aliphatic heterocycles. The molecule has 6 aromatic rings. The van der Waals surface area contributed by atoms with Crippen molar-refractivity contribution in [3.63, 3.8) is 0 Å². The summed E-state index contributed by atoms with van der Waals surface area (Å²) in [6.07, 6.45) is 5.50. The van der Waals surface area contributed by atoms with Crippen molar-refractivity contribution in [3.8, 4) is 33.9 Å². The maximum absolute atomic E-state index is 14.7. The van der Waals surface area contributed by atoms with Crippen molar-refractivity contribution in [2.75, 3.05) is 11.6 Å². The van der Waals surface area contributed by atoms with Crippen LogP contribution in [0.3, 0.4) is 0 Å². The lowest BCUT2D eigenvalue weighted by atomic mass is 9.93. The molecule has 0 saturated heterocycles. The third-order valence-electron chi connectivity index (χ3n) is 7.27. The van der Waals surface area contributed by atoms with Gasteiger partial charge in [-0.2, -0.15) is 14.5 Å². The SMILES string of the molecule is C=C(Nc1cncc(-c2ccc3[nH]nc(-c4nc5c(-c6cc(F)cc(CNS(=C)(=C)C)c6)cccc5[nH]4)c3n2)c1)C(C)(C)C. The summed E-state index contributed by atoms with van der Waals surface area (Å²) in [6.45, 7) is 11.0. The Hall–Kier alpha value is -4.80. The van der Waals surface area contributed by atoms with E-state index in [1.54, 1.807) is 12.4 Å². The molecule has 0 atom stereocenters. The second kappa shape index (κ2) is 11.0. The fourth-order valence-corrected chi connectivity index (χ4v) is 5.29. The summed E-state index contributed by atoms with van der Waals surface area (Å²) >= 11 is 0. The van der Waals surface area contributed by atoms with E-state index in [-0.39, 0.29) is 11.2 Å². The van der Waals surface area contributed by atoms with Crippen molar-refractivity contribution in [1.82, 2.24) is 34.9 Å². The zero-order chi connectivity index (χ0) is 31.2. The van der Waals surface area contributed by atoms with Crippen LogP contribution >= 0.6 is 9.39 Å². The van der Waals surface area contributed by atoms with Crippen LogP contribution in [0.25, 0.3) is 56.0 Å². The van der Waals surface area contributed by atoms with Crippen molar-refractivity contribution in [3.05, 3.63) is 90.6 Å². The molecule has 0 saturated carbocycles. The molecule has 0 radical (unpaired) electrons. The highest BCUT2D eigenvalue weighted by atomic mass is 32.2. The second-order valence-corrected chi connectivity index (χ2v) is 15.0. The van der Waals surface area contributed by atoms with Crippen LogP contribution in [0.5, 0.6) is 0 Å². The average Bonchev–Trinajstić information content (AvgIpc) is 3.59. The zero-order valence-corrected chi connectivity index (χ0v) is 26.1. The first-order valence-electron chi connectivity index (χ1n) is 14.1. The van der Waals surface area contributed by atoms with Crippen molar-refractivity contribution < 1.29 is 4.39 Å². The van der Waals surface area contributed by atoms with Crippen molar-refractivity contribution >= 4 is 48.9 Å². The predicted molar refractivity (Wildman–Crippen MR) is 184 cm³/mol. The first-order chi connectivity index (χ1) is 20.8. The van der Waals surface area contributed by atoms with Gasteiger partial charge in [-0.3, -0.25) is 14.8 Å². The fraction of sp³-hybridized carbons (Fsp3) is 0.176. The van der Waals surface area contributed by atoms with E-state index >= 15 is 0 Å². The molecule has 4 heterocycles. The minimum atomic E-state index is -1.44. The number of para-hydroxylation sites is 1. The summed E-state index contributed by atoms with van der Waals surface area (Å²) in [5.74, 6) is 8.35. The van der Waals surface area contributed by atoms with E-state index in [1.165, 1.54) is 12.1 Å². The third kappa shape index (κ3) is 6.13. The van der Waals surface area contributed by atoms with Crippen LogP contribution in [-0.2, 0) is 6.54 Å². The average molecular weight is 607 g/mol. The Balaban J connectivity index is 1.37. The number of hydrogen-bond acceptors (Lipinski definition) is 6.